The van der Waals surface area contributed by atoms with Gasteiger partial charge in [0.25, 0.3) is 0 Å². The van der Waals surface area contributed by atoms with Crippen molar-refractivity contribution in [1.29, 1.82) is 0 Å². The van der Waals surface area contributed by atoms with Crippen LogP contribution >= 0.6 is 0 Å². The minimum absolute atomic E-state index is 0.133. The number of carbonyl (C=O) groups excluding carboxylic acids is 1. The maximum absolute atomic E-state index is 12.6. The Morgan fingerprint density at radius 1 is 1.32 bits per heavy atom. The molecule has 9 heteroatoms. The third-order valence-electron chi connectivity index (χ3n) is 2.56. The maximum Gasteiger partial charge on any atom is 0.416 e. The van der Waals surface area contributed by atoms with E-state index >= 15 is 0 Å². The summed E-state index contributed by atoms with van der Waals surface area (Å²) in [7, 11) is -4.11. The van der Waals surface area contributed by atoms with E-state index in [2.05, 4.69) is 16.6 Å². The highest BCUT2D eigenvalue weighted by atomic mass is 32.2. The van der Waals surface area contributed by atoms with Crippen molar-refractivity contribution in [3.8, 4) is 0 Å². The zero-order valence-electron chi connectivity index (χ0n) is 11.5. The molecule has 1 rings (SSSR count). The first-order chi connectivity index (χ1) is 10.2. The Balaban J connectivity index is 2.71. The fourth-order valence-electron chi connectivity index (χ4n) is 1.50. The Bertz CT molecular complexity index is 642. The molecule has 0 aliphatic rings. The first-order valence-corrected chi connectivity index (χ1v) is 7.69. The molecule has 0 unspecified atom stereocenters. The highest BCUT2D eigenvalue weighted by Gasteiger charge is 2.31. The van der Waals surface area contributed by atoms with E-state index in [4.69, 9.17) is 0 Å². The van der Waals surface area contributed by atoms with Crippen LogP contribution in [0, 0.1) is 0 Å². The van der Waals surface area contributed by atoms with E-state index in [-0.39, 0.29) is 19.5 Å². The van der Waals surface area contributed by atoms with E-state index in [1.54, 1.807) is 0 Å². The third kappa shape index (κ3) is 5.49. The summed E-state index contributed by atoms with van der Waals surface area (Å²) in [6.45, 7) is 3.43. The van der Waals surface area contributed by atoms with Crippen LogP contribution in [-0.4, -0.2) is 27.4 Å². The Kier molecular flexibility index (Phi) is 6.12. The van der Waals surface area contributed by atoms with Gasteiger partial charge in [0.1, 0.15) is 0 Å². The first-order valence-electron chi connectivity index (χ1n) is 6.21. The Morgan fingerprint density at radius 2 is 2.00 bits per heavy atom. The largest absolute Gasteiger partial charge is 0.416 e. The van der Waals surface area contributed by atoms with Crippen LogP contribution in [0.4, 0.5) is 13.2 Å². The van der Waals surface area contributed by atoms with Crippen molar-refractivity contribution in [3.63, 3.8) is 0 Å². The summed E-state index contributed by atoms with van der Waals surface area (Å²) < 4.78 is 63.5. The molecule has 0 saturated heterocycles. The highest BCUT2D eigenvalue weighted by molar-refractivity contribution is 7.89. The second-order valence-corrected chi connectivity index (χ2v) is 6.03. The predicted molar refractivity (Wildman–Crippen MR) is 74.5 cm³/mol. The predicted octanol–water partition coefficient (Wildman–Crippen LogP) is 1.68. The van der Waals surface area contributed by atoms with Gasteiger partial charge in [-0.1, -0.05) is 12.1 Å². The quantitative estimate of drug-likeness (QED) is 0.744. The standard InChI is InChI=1S/C13H15F3N2O3S/c1-2-7-17-12(19)6-8-18-22(20,21)11-5-3-4-10(9-11)13(14,15)16/h2-5,9,18H,1,6-8H2,(H,17,19). The van der Waals surface area contributed by atoms with Crippen molar-refractivity contribution < 1.29 is 26.4 Å². The SMILES string of the molecule is C=CCNC(=O)CCNS(=O)(=O)c1cccc(C(F)(F)F)c1. The lowest BCUT2D eigenvalue weighted by Gasteiger charge is -2.10. The molecule has 0 atom stereocenters. The van der Waals surface area contributed by atoms with Gasteiger partial charge in [-0.3, -0.25) is 4.79 Å². The molecule has 0 spiro atoms. The molecule has 22 heavy (non-hydrogen) atoms. The molecule has 2 N–H and O–H groups in total. The lowest BCUT2D eigenvalue weighted by molar-refractivity contribution is -0.137. The van der Waals surface area contributed by atoms with E-state index in [9.17, 15) is 26.4 Å². The topological polar surface area (TPSA) is 75.3 Å². The Labute approximate surface area is 126 Å². The number of amides is 1. The summed E-state index contributed by atoms with van der Waals surface area (Å²) >= 11 is 0. The van der Waals surface area contributed by atoms with Crippen LogP contribution in [-0.2, 0) is 21.0 Å². The second kappa shape index (κ2) is 7.41. The lowest BCUT2D eigenvalue weighted by Crippen LogP contribution is -2.31. The fourth-order valence-corrected chi connectivity index (χ4v) is 2.57. The zero-order valence-corrected chi connectivity index (χ0v) is 12.3. The molecule has 0 heterocycles. The molecule has 1 amide bonds. The molecule has 1 aromatic rings. The van der Waals surface area contributed by atoms with Gasteiger partial charge in [0.15, 0.2) is 0 Å². The number of carbonyl (C=O) groups is 1. The van der Waals surface area contributed by atoms with E-state index in [0.29, 0.717) is 6.07 Å². The summed E-state index contributed by atoms with van der Waals surface area (Å²) in [6.07, 6.45) is -3.30. The van der Waals surface area contributed by atoms with Gasteiger partial charge >= 0.3 is 6.18 Å². The summed E-state index contributed by atoms with van der Waals surface area (Å²) in [5.74, 6) is -0.397. The number of hydrogen-bond acceptors (Lipinski definition) is 3. The van der Waals surface area contributed by atoms with Crippen LogP contribution in [0.15, 0.2) is 41.8 Å². The number of halogens is 3. The highest BCUT2D eigenvalue weighted by Crippen LogP contribution is 2.30. The van der Waals surface area contributed by atoms with Gasteiger partial charge in [-0.25, -0.2) is 13.1 Å². The van der Waals surface area contributed by atoms with Crippen LogP contribution in [0.1, 0.15) is 12.0 Å². The van der Waals surface area contributed by atoms with E-state index in [0.717, 1.165) is 18.2 Å². The van der Waals surface area contributed by atoms with Crippen LogP contribution in [0.2, 0.25) is 0 Å². The number of rotatable bonds is 7. The molecular formula is C13H15F3N2O3S. The molecule has 5 nitrogen and oxygen atoms in total. The van der Waals surface area contributed by atoms with Gasteiger partial charge < -0.3 is 5.32 Å². The third-order valence-corrected chi connectivity index (χ3v) is 4.02. The molecule has 0 radical (unpaired) electrons. The van der Waals surface area contributed by atoms with E-state index < -0.39 is 32.6 Å². The van der Waals surface area contributed by atoms with Crippen molar-refractivity contribution in [2.24, 2.45) is 0 Å². The number of benzene rings is 1. The number of nitrogens with one attached hydrogen (secondary N) is 2. The van der Waals surface area contributed by atoms with Gasteiger partial charge in [-0.15, -0.1) is 6.58 Å². The summed E-state index contributed by atoms with van der Waals surface area (Å²) in [4.78, 5) is 10.8. The molecule has 0 aliphatic carbocycles. The summed E-state index contributed by atoms with van der Waals surface area (Å²) in [5, 5.41) is 2.45. The molecule has 0 fully saturated rings. The molecular weight excluding hydrogens is 321 g/mol. The maximum atomic E-state index is 12.6. The van der Waals surface area contributed by atoms with Crippen LogP contribution in [0.25, 0.3) is 0 Å². The lowest BCUT2D eigenvalue weighted by atomic mass is 10.2. The fraction of sp³-hybridized carbons (Fsp3) is 0.308. The molecule has 122 valence electrons. The Morgan fingerprint density at radius 3 is 2.59 bits per heavy atom. The molecule has 0 aromatic heterocycles. The smallest absolute Gasteiger partial charge is 0.353 e. The van der Waals surface area contributed by atoms with Gasteiger partial charge in [-0.05, 0) is 18.2 Å². The van der Waals surface area contributed by atoms with Crippen LogP contribution < -0.4 is 10.0 Å². The van der Waals surface area contributed by atoms with Crippen LogP contribution in [0.5, 0.6) is 0 Å². The van der Waals surface area contributed by atoms with E-state index in [1.165, 1.54) is 6.08 Å². The Hall–Kier alpha value is -1.87. The minimum atomic E-state index is -4.63. The summed E-state index contributed by atoms with van der Waals surface area (Å²) in [6, 6.07) is 3.38. The van der Waals surface area contributed by atoms with Crippen molar-refractivity contribution >= 4 is 15.9 Å². The zero-order chi connectivity index (χ0) is 16.8. The summed E-state index contributed by atoms with van der Waals surface area (Å²) in [5.41, 5.74) is -1.06. The van der Waals surface area contributed by atoms with Crippen LogP contribution in [0.3, 0.4) is 0 Å². The minimum Gasteiger partial charge on any atom is -0.353 e. The van der Waals surface area contributed by atoms with E-state index in [1.807, 2.05) is 0 Å². The molecule has 0 aliphatic heterocycles. The number of sulfonamides is 1. The first kappa shape index (κ1) is 18.2. The normalized spacial score (nSPS) is 12.0. The van der Waals surface area contributed by atoms with Gasteiger partial charge in [-0.2, -0.15) is 13.2 Å². The number of alkyl halides is 3. The molecule has 0 bridgehead atoms. The average molecular weight is 336 g/mol. The van der Waals surface area contributed by atoms with Crippen molar-refractivity contribution in [1.82, 2.24) is 10.0 Å². The second-order valence-electron chi connectivity index (χ2n) is 4.27. The van der Waals surface area contributed by atoms with Crippen molar-refractivity contribution in [2.75, 3.05) is 13.1 Å². The molecule has 1 aromatic carbocycles. The average Bonchev–Trinajstić information content (AvgIpc) is 2.44. The van der Waals surface area contributed by atoms with Gasteiger partial charge in [0, 0.05) is 19.5 Å². The molecule has 0 saturated carbocycles. The van der Waals surface area contributed by atoms with Gasteiger partial charge in [0.2, 0.25) is 15.9 Å². The van der Waals surface area contributed by atoms with Gasteiger partial charge in [0.05, 0.1) is 10.5 Å². The monoisotopic (exact) mass is 336 g/mol. The number of hydrogen-bond donors (Lipinski definition) is 2. The van der Waals surface area contributed by atoms with Crippen molar-refractivity contribution in [2.45, 2.75) is 17.5 Å². The van der Waals surface area contributed by atoms with Crippen molar-refractivity contribution in [3.05, 3.63) is 42.5 Å².